The molecule has 3 rings (SSSR count). The molecule has 1 aliphatic heterocycles. The highest BCUT2D eigenvalue weighted by atomic mass is 32.1. The summed E-state index contributed by atoms with van der Waals surface area (Å²) in [5.41, 5.74) is 0.504. The van der Waals surface area contributed by atoms with Gasteiger partial charge >= 0.3 is 0 Å². The van der Waals surface area contributed by atoms with Crippen LogP contribution in [0.2, 0.25) is 0 Å². The summed E-state index contributed by atoms with van der Waals surface area (Å²) < 4.78 is 5.85. The van der Waals surface area contributed by atoms with Crippen molar-refractivity contribution in [3.05, 3.63) is 46.2 Å². The molecule has 0 bridgehead atoms. The van der Waals surface area contributed by atoms with E-state index in [1.54, 1.807) is 18.5 Å². The van der Waals surface area contributed by atoms with Crippen LogP contribution in [0.5, 0.6) is 0 Å². The van der Waals surface area contributed by atoms with Crippen LogP contribution >= 0.6 is 11.3 Å². The molecule has 1 saturated heterocycles. The molecule has 1 aliphatic rings. The third-order valence-electron chi connectivity index (χ3n) is 3.85. The first-order valence-electron chi connectivity index (χ1n) is 7.44. The Labute approximate surface area is 133 Å². The third kappa shape index (κ3) is 3.34. The van der Waals surface area contributed by atoms with Crippen LogP contribution in [0.25, 0.3) is 0 Å². The predicted octanol–water partition coefficient (Wildman–Crippen LogP) is 2.88. The highest BCUT2D eigenvalue weighted by Crippen LogP contribution is 2.32. The zero-order valence-corrected chi connectivity index (χ0v) is 13.4. The molecule has 22 heavy (non-hydrogen) atoms. The van der Waals surface area contributed by atoms with Crippen LogP contribution in [0.3, 0.4) is 0 Å². The second kappa shape index (κ2) is 6.54. The normalized spacial score (nSPS) is 21.5. The Morgan fingerprint density at radius 1 is 1.41 bits per heavy atom. The van der Waals surface area contributed by atoms with Crippen molar-refractivity contribution in [3.63, 3.8) is 0 Å². The van der Waals surface area contributed by atoms with Gasteiger partial charge in [0.15, 0.2) is 5.82 Å². The Hall–Kier alpha value is -1.79. The van der Waals surface area contributed by atoms with Gasteiger partial charge in [0.1, 0.15) is 5.60 Å². The molecular weight excluding hydrogens is 298 g/mol. The predicted molar refractivity (Wildman–Crippen MR) is 84.7 cm³/mol. The highest BCUT2D eigenvalue weighted by Gasteiger charge is 2.32. The Morgan fingerprint density at radius 3 is 2.86 bits per heavy atom. The van der Waals surface area contributed by atoms with Crippen molar-refractivity contribution in [2.24, 2.45) is 0 Å². The molecule has 1 amide bonds. The van der Waals surface area contributed by atoms with Gasteiger partial charge in [-0.15, -0.1) is 11.3 Å². The Bertz CT molecular complexity index is 619. The summed E-state index contributed by atoms with van der Waals surface area (Å²) in [5.74, 6) is 0.655. The maximum atomic E-state index is 11.9. The first-order valence-corrected chi connectivity index (χ1v) is 8.32. The van der Waals surface area contributed by atoms with Crippen molar-refractivity contribution in [1.82, 2.24) is 15.3 Å². The number of carbonyl (C=O) groups is 1. The molecule has 0 aliphatic carbocycles. The van der Waals surface area contributed by atoms with Gasteiger partial charge in [-0.25, -0.2) is 9.97 Å². The van der Waals surface area contributed by atoms with Gasteiger partial charge in [-0.1, -0.05) is 6.07 Å². The lowest BCUT2D eigenvalue weighted by Crippen LogP contribution is -2.32. The van der Waals surface area contributed by atoms with Crippen LogP contribution in [0.15, 0.2) is 29.9 Å². The molecule has 1 fully saturated rings. The van der Waals surface area contributed by atoms with Gasteiger partial charge in [0.2, 0.25) is 0 Å². The van der Waals surface area contributed by atoms with E-state index in [1.165, 1.54) is 11.3 Å². The number of amides is 1. The fraction of sp³-hybridized carbons (Fsp3) is 0.438. The summed E-state index contributed by atoms with van der Waals surface area (Å²) >= 11 is 1.43. The van der Waals surface area contributed by atoms with Gasteiger partial charge in [0, 0.05) is 31.1 Å². The van der Waals surface area contributed by atoms with Gasteiger partial charge < -0.3 is 10.1 Å². The number of carbonyl (C=O) groups excluding carboxylic acids is 1. The monoisotopic (exact) mass is 317 g/mol. The zero-order chi connectivity index (χ0) is 15.4. The number of ether oxygens (including phenoxy) is 1. The fourth-order valence-corrected chi connectivity index (χ4v) is 3.15. The Morgan fingerprint density at radius 2 is 2.23 bits per heavy atom. The SMILES string of the molecule is C[C@]1(c2ncc(CNC(=O)c3cccs3)cn2)CCCCO1. The van der Waals surface area contributed by atoms with E-state index in [2.05, 4.69) is 15.3 Å². The molecule has 1 atom stereocenters. The summed E-state index contributed by atoms with van der Waals surface area (Å²) in [6.07, 6.45) is 6.71. The Balaban J connectivity index is 1.61. The molecule has 2 aromatic heterocycles. The average molecular weight is 317 g/mol. The van der Waals surface area contributed by atoms with Crippen LogP contribution < -0.4 is 5.32 Å². The molecule has 0 aromatic carbocycles. The van der Waals surface area contributed by atoms with Crippen molar-refractivity contribution < 1.29 is 9.53 Å². The van der Waals surface area contributed by atoms with E-state index in [1.807, 2.05) is 18.4 Å². The van der Waals surface area contributed by atoms with E-state index in [-0.39, 0.29) is 11.5 Å². The van der Waals surface area contributed by atoms with Crippen molar-refractivity contribution in [1.29, 1.82) is 0 Å². The van der Waals surface area contributed by atoms with Crippen LogP contribution in [0, 0.1) is 0 Å². The second-order valence-electron chi connectivity index (χ2n) is 5.61. The van der Waals surface area contributed by atoms with Gasteiger partial charge in [0.25, 0.3) is 5.91 Å². The maximum absolute atomic E-state index is 11.9. The number of nitrogens with one attached hydrogen (secondary N) is 1. The molecule has 116 valence electrons. The smallest absolute Gasteiger partial charge is 0.261 e. The second-order valence-corrected chi connectivity index (χ2v) is 6.56. The van der Waals surface area contributed by atoms with E-state index in [0.29, 0.717) is 11.4 Å². The minimum Gasteiger partial charge on any atom is -0.367 e. The van der Waals surface area contributed by atoms with Crippen molar-refractivity contribution in [2.75, 3.05) is 6.61 Å². The molecule has 1 N–H and O–H groups in total. The Kier molecular flexibility index (Phi) is 4.49. The molecule has 6 heteroatoms. The van der Waals surface area contributed by atoms with Crippen molar-refractivity contribution >= 4 is 17.2 Å². The van der Waals surface area contributed by atoms with Gasteiger partial charge in [-0.05, 0) is 37.6 Å². The van der Waals surface area contributed by atoms with Crippen LogP contribution in [-0.4, -0.2) is 22.5 Å². The number of rotatable bonds is 4. The molecular formula is C16H19N3O2S. The summed E-state index contributed by atoms with van der Waals surface area (Å²) in [6.45, 7) is 3.23. The number of nitrogens with zero attached hydrogens (tertiary/aromatic N) is 2. The van der Waals surface area contributed by atoms with E-state index < -0.39 is 0 Å². The molecule has 3 heterocycles. The van der Waals surface area contributed by atoms with Gasteiger partial charge in [-0.2, -0.15) is 0 Å². The number of aromatic nitrogens is 2. The molecule has 0 radical (unpaired) electrons. The van der Waals surface area contributed by atoms with E-state index >= 15 is 0 Å². The van der Waals surface area contributed by atoms with Gasteiger partial charge in [-0.3, -0.25) is 4.79 Å². The van der Waals surface area contributed by atoms with Crippen LogP contribution in [0.4, 0.5) is 0 Å². The lowest BCUT2D eigenvalue weighted by atomic mass is 9.95. The molecule has 5 nitrogen and oxygen atoms in total. The zero-order valence-electron chi connectivity index (χ0n) is 12.5. The summed E-state index contributed by atoms with van der Waals surface area (Å²) in [5, 5.41) is 4.76. The molecule has 2 aromatic rings. The third-order valence-corrected chi connectivity index (χ3v) is 4.71. The van der Waals surface area contributed by atoms with Crippen LogP contribution in [0.1, 0.15) is 47.2 Å². The van der Waals surface area contributed by atoms with E-state index in [9.17, 15) is 4.79 Å². The lowest BCUT2D eigenvalue weighted by Gasteiger charge is -2.32. The van der Waals surface area contributed by atoms with Crippen LogP contribution in [-0.2, 0) is 16.9 Å². The summed E-state index contributed by atoms with van der Waals surface area (Å²) in [7, 11) is 0. The molecule has 0 unspecified atom stereocenters. The summed E-state index contributed by atoms with van der Waals surface area (Å²) in [6, 6.07) is 3.67. The number of hydrogen-bond donors (Lipinski definition) is 1. The minimum absolute atomic E-state index is 0.0679. The molecule has 0 saturated carbocycles. The van der Waals surface area contributed by atoms with Crippen molar-refractivity contribution in [2.45, 2.75) is 38.3 Å². The molecule has 0 spiro atoms. The van der Waals surface area contributed by atoms with E-state index in [0.717, 1.165) is 37.3 Å². The first kappa shape index (κ1) is 15.1. The standard InChI is InChI=1S/C16H19N3O2S/c1-16(6-2-3-7-21-16)15-18-10-12(11-19-15)9-17-14(20)13-5-4-8-22-13/h4-5,8,10-11H,2-3,6-7,9H2,1H3,(H,17,20)/t16-/m1/s1. The number of thiophene rings is 1. The average Bonchev–Trinajstić information content (AvgIpc) is 3.08. The first-order chi connectivity index (χ1) is 10.7. The minimum atomic E-state index is -0.378. The highest BCUT2D eigenvalue weighted by molar-refractivity contribution is 7.12. The lowest BCUT2D eigenvalue weighted by molar-refractivity contribution is -0.0760. The largest absolute Gasteiger partial charge is 0.367 e. The van der Waals surface area contributed by atoms with E-state index in [4.69, 9.17) is 4.74 Å². The fourth-order valence-electron chi connectivity index (χ4n) is 2.51. The van der Waals surface area contributed by atoms with Crippen molar-refractivity contribution in [3.8, 4) is 0 Å². The quantitative estimate of drug-likeness (QED) is 0.942. The topological polar surface area (TPSA) is 64.1 Å². The maximum Gasteiger partial charge on any atom is 0.261 e. The summed E-state index contributed by atoms with van der Waals surface area (Å²) in [4.78, 5) is 21.5. The van der Waals surface area contributed by atoms with Gasteiger partial charge in [0.05, 0.1) is 4.88 Å². The number of hydrogen-bond acceptors (Lipinski definition) is 5.